The van der Waals surface area contributed by atoms with E-state index in [-0.39, 0.29) is 18.0 Å². The van der Waals surface area contributed by atoms with Crippen LogP contribution in [0.4, 0.5) is 0 Å². The van der Waals surface area contributed by atoms with Gasteiger partial charge in [-0.15, -0.1) is 0 Å². The Morgan fingerprint density at radius 2 is 1.78 bits per heavy atom. The van der Waals surface area contributed by atoms with E-state index in [2.05, 4.69) is 39.5 Å². The van der Waals surface area contributed by atoms with Crippen molar-refractivity contribution in [1.29, 1.82) is 0 Å². The smallest absolute Gasteiger partial charge is 0.293 e. The number of nitrogens with zero attached hydrogens (tertiary/aromatic N) is 5. The fraction of sp³-hybridized carbons (Fsp3) is 0.500. The first-order valence-corrected chi connectivity index (χ1v) is 11.6. The van der Waals surface area contributed by atoms with Crippen LogP contribution in [0.5, 0.6) is 0 Å². The molecule has 1 aliphatic rings. The summed E-state index contributed by atoms with van der Waals surface area (Å²) in [6.07, 6.45) is 6.00. The van der Waals surface area contributed by atoms with Crippen molar-refractivity contribution >= 4 is 11.4 Å². The molecule has 1 saturated heterocycles. The van der Waals surface area contributed by atoms with Crippen LogP contribution in [0.15, 0.2) is 35.1 Å². The highest BCUT2D eigenvalue weighted by atomic mass is 16.2. The predicted molar refractivity (Wildman–Crippen MR) is 125 cm³/mol. The summed E-state index contributed by atoms with van der Waals surface area (Å²) in [5, 5.41) is 11.8. The zero-order valence-electron chi connectivity index (χ0n) is 19.0. The molecule has 0 radical (unpaired) electrons. The minimum absolute atomic E-state index is 0.0954. The van der Waals surface area contributed by atoms with Gasteiger partial charge in [0.2, 0.25) is 5.91 Å². The maximum absolute atomic E-state index is 13.0. The SMILES string of the molecule is CCc1ccc(-c2cc3c(=O)n(CC(=O)NCCN4CCCCCC4)nc(C)n3n2)cc1. The maximum atomic E-state index is 13.0. The maximum Gasteiger partial charge on any atom is 0.293 e. The van der Waals surface area contributed by atoms with Crippen LogP contribution in [0.3, 0.4) is 0 Å². The van der Waals surface area contributed by atoms with Crippen LogP contribution in [-0.2, 0) is 17.8 Å². The van der Waals surface area contributed by atoms with Crippen LogP contribution < -0.4 is 10.9 Å². The lowest BCUT2D eigenvalue weighted by molar-refractivity contribution is -0.121. The third-order valence-electron chi connectivity index (χ3n) is 6.14. The minimum Gasteiger partial charge on any atom is -0.353 e. The van der Waals surface area contributed by atoms with Gasteiger partial charge in [-0.3, -0.25) is 9.59 Å². The van der Waals surface area contributed by atoms with Crippen molar-refractivity contribution in [1.82, 2.24) is 29.6 Å². The molecule has 170 valence electrons. The number of rotatable bonds is 7. The molecule has 2 aromatic heterocycles. The highest BCUT2D eigenvalue weighted by molar-refractivity contribution is 5.75. The van der Waals surface area contributed by atoms with Crippen molar-refractivity contribution in [2.75, 3.05) is 26.2 Å². The van der Waals surface area contributed by atoms with Gasteiger partial charge in [0.1, 0.15) is 17.9 Å². The van der Waals surface area contributed by atoms with Gasteiger partial charge in [0.15, 0.2) is 0 Å². The molecule has 3 aromatic rings. The molecule has 1 aliphatic heterocycles. The van der Waals surface area contributed by atoms with Crippen molar-refractivity contribution in [2.24, 2.45) is 0 Å². The Morgan fingerprint density at radius 1 is 1.06 bits per heavy atom. The van der Waals surface area contributed by atoms with Gasteiger partial charge in [-0.25, -0.2) is 9.20 Å². The number of aromatic nitrogens is 4. The van der Waals surface area contributed by atoms with Crippen molar-refractivity contribution in [3.05, 3.63) is 52.1 Å². The van der Waals surface area contributed by atoms with Crippen molar-refractivity contribution in [3.63, 3.8) is 0 Å². The Balaban J connectivity index is 1.45. The van der Waals surface area contributed by atoms with Crippen molar-refractivity contribution in [2.45, 2.75) is 52.5 Å². The number of amides is 1. The average molecular weight is 437 g/mol. The van der Waals surface area contributed by atoms with Gasteiger partial charge in [0, 0.05) is 18.7 Å². The fourth-order valence-electron chi connectivity index (χ4n) is 4.24. The fourth-order valence-corrected chi connectivity index (χ4v) is 4.24. The summed E-state index contributed by atoms with van der Waals surface area (Å²) in [6, 6.07) is 9.93. The molecule has 3 heterocycles. The van der Waals surface area contributed by atoms with Crippen LogP contribution in [0.25, 0.3) is 16.8 Å². The van der Waals surface area contributed by atoms with Gasteiger partial charge in [0.05, 0.1) is 5.69 Å². The first-order valence-electron chi connectivity index (χ1n) is 11.6. The first kappa shape index (κ1) is 22.2. The molecule has 8 heteroatoms. The third kappa shape index (κ3) is 5.07. The number of fused-ring (bicyclic) bond motifs is 1. The molecule has 32 heavy (non-hydrogen) atoms. The molecule has 1 N–H and O–H groups in total. The zero-order chi connectivity index (χ0) is 22.5. The number of hydrogen-bond donors (Lipinski definition) is 1. The Kier molecular flexibility index (Phi) is 6.99. The lowest BCUT2D eigenvalue weighted by Gasteiger charge is -2.19. The lowest BCUT2D eigenvalue weighted by atomic mass is 10.1. The summed E-state index contributed by atoms with van der Waals surface area (Å²) in [5.41, 5.74) is 3.02. The van der Waals surface area contributed by atoms with E-state index in [1.807, 2.05) is 12.1 Å². The molecule has 1 aromatic carbocycles. The zero-order valence-corrected chi connectivity index (χ0v) is 19.0. The Labute approximate surface area is 188 Å². The van der Waals surface area contributed by atoms with Crippen LogP contribution >= 0.6 is 0 Å². The quantitative estimate of drug-likeness (QED) is 0.615. The standard InChI is InChI=1S/C24H32N6O2/c1-3-19-8-10-20(11-9-19)21-16-22-24(32)29(26-18(2)30(22)27-21)17-23(31)25-12-15-28-13-6-4-5-7-14-28/h8-11,16H,3-7,12-15,17H2,1-2H3,(H,25,31). The number of benzene rings is 1. The Hall–Kier alpha value is -3.00. The highest BCUT2D eigenvalue weighted by Crippen LogP contribution is 2.19. The van der Waals surface area contributed by atoms with Gasteiger partial charge in [-0.05, 0) is 50.9 Å². The van der Waals surface area contributed by atoms with E-state index < -0.39 is 0 Å². The molecule has 0 saturated carbocycles. The number of nitrogens with one attached hydrogen (secondary N) is 1. The number of carbonyl (C=O) groups excluding carboxylic acids is 1. The molecule has 0 unspecified atom stereocenters. The molecular weight excluding hydrogens is 404 g/mol. The van der Waals surface area contributed by atoms with E-state index >= 15 is 0 Å². The second kappa shape index (κ2) is 10.1. The summed E-state index contributed by atoms with van der Waals surface area (Å²) in [6.45, 7) is 7.42. The van der Waals surface area contributed by atoms with Crippen LogP contribution in [0.1, 0.15) is 44.0 Å². The first-order chi connectivity index (χ1) is 15.5. The monoisotopic (exact) mass is 436 g/mol. The number of aryl methyl sites for hydroxylation is 2. The molecule has 1 amide bonds. The summed E-state index contributed by atoms with van der Waals surface area (Å²) < 4.78 is 2.79. The molecule has 1 fully saturated rings. The number of carbonyl (C=O) groups is 1. The second-order valence-electron chi connectivity index (χ2n) is 8.49. The lowest BCUT2D eigenvalue weighted by Crippen LogP contribution is -2.39. The van der Waals surface area contributed by atoms with E-state index in [1.165, 1.54) is 35.9 Å². The van der Waals surface area contributed by atoms with Crippen LogP contribution in [-0.4, -0.2) is 56.4 Å². The normalized spacial score (nSPS) is 15.1. The van der Waals surface area contributed by atoms with Gasteiger partial charge >= 0.3 is 0 Å². The summed E-state index contributed by atoms with van der Waals surface area (Å²) >= 11 is 0. The van der Waals surface area contributed by atoms with E-state index in [0.29, 0.717) is 23.6 Å². The van der Waals surface area contributed by atoms with Gasteiger partial charge in [-0.1, -0.05) is 44.0 Å². The molecule has 0 atom stereocenters. The van der Waals surface area contributed by atoms with E-state index in [0.717, 1.165) is 31.6 Å². The Morgan fingerprint density at radius 3 is 2.47 bits per heavy atom. The van der Waals surface area contributed by atoms with E-state index in [4.69, 9.17) is 0 Å². The number of hydrogen-bond acceptors (Lipinski definition) is 5. The van der Waals surface area contributed by atoms with Gasteiger partial charge in [-0.2, -0.15) is 10.2 Å². The average Bonchev–Trinajstić information content (AvgIpc) is 3.10. The molecule has 0 spiro atoms. The second-order valence-corrected chi connectivity index (χ2v) is 8.49. The summed E-state index contributed by atoms with van der Waals surface area (Å²) in [7, 11) is 0. The minimum atomic E-state index is -0.317. The topological polar surface area (TPSA) is 84.5 Å². The van der Waals surface area contributed by atoms with Crippen LogP contribution in [0.2, 0.25) is 0 Å². The third-order valence-corrected chi connectivity index (χ3v) is 6.14. The molecular formula is C24H32N6O2. The van der Waals surface area contributed by atoms with Crippen LogP contribution in [0, 0.1) is 6.92 Å². The van der Waals surface area contributed by atoms with Crippen molar-refractivity contribution in [3.8, 4) is 11.3 Å². The highest BCUT2D eigenvalue weighted by Gasteiger charge is 2.15. The molecule has 0 bridgehead atoms. The van der Waals surface area contributed by atoms with Crippen molar-refractivity contribution < 1.29 is 4.79 Å². The summed E-state index contributed by atoms with van der Waals surface area (Å²) in [4.78, 5) is 27.8. The molecule has 4 rings (SSSR count). The van der Waals surface area contributed by atoms with E-state index in [9.17, 15) is 9.59 Å². The molecule has 8 nitrogen and oxygen atoms in total. The molecule has 0 aliphatic carbocycles. The largest absolute Gasteiger partial charge is 0.353 e. The summed E-state index contributed by atoms with van der Waals surface area (Å²) in [5.74, 6) is 0.362. The van der Waals surface area contributed by atoms with Gasteiger partial charge < -0.3 is 10.2 Å². The number of likely N-dealkylation sites (tertiary alicyclic amines) is 1. The van der Waals surface area contributed by atoms with E-state index in [1.54, 1.807) is 17.5 Å². The Bertz CT molecular complexity index is 1120. The van der Waals surface area contributed by atoms with Gasteiger partial charge in [0.25, 0.3) is 5.56 Å². The predicted octanol–water partition coefficient (Wildman–Crippen LogP) is 2.42.